The van der Waals surface area contributed by atoms with Crippen LogP contribution in [0.4, 0.5) is 0 Å². The molecule has 0 radical (unpaired) electrons. The summed E-state index contributed by atoms with van der Waals surface area (Å²) >= 11 is 6.44. The van der Waals surface area contributed by atoms with Gasteiger partial charge < -0.3 is 14.8 Å². The van der Waals surface area contributed by atoms with Crippen LogP contribution >= 0.6 is 11.6 Å². The summed E-state index contributed by atoms with van der Waals surface area (Å²) in [7, 11) is 0. The Kier molecular flexibility index (Phi) is 8.11. The van der Waals surface area contributed by atoms with E-state index in [4.69, 9.17) is 21.1 Å². The van der Waals surface area contributed by atoms with E-state index < -0.39 is 0 Å². The third-order valence-corrected chi connectivity index (χ3v) is 5.18. The van der Waals surface area contributed by atoms with Crippen molar-refractivity contribution in [2.24, 2.45) is 0 Å². The van der Waals surface area contributed by atoms with Crippen molar-refractivity contribution < 1.29 is 14.3 Å². The van der Waals surface area contributed by atoms with Crippen molar-refractivity contribution in [3.8, 4) is 5.75 Å². The number of hydrogen-bond donors (Lipinski definition) is 1. The van der Waals surface area contributed by atoms with E-state index >= 15 is 0 Å². The first-order valence-corrected chi connectivity index (χ1v) is 10.3. The second-order valence-corrected chi connectivity index (χ2v) is 7.17. The van der Waals surface area contributed by atoms with Gasteiger partial charge in [0.25, 0.3) is 0 Å². The molecule has 2 aromatic carbocycles. The van der Waals surface area contributed by atoms with Crippen LogP contribution in [0, 0.1) is 0 Å². The Morgan fingerprint density at radius 1 is 1.21 bits per heavy atom. The molecule has 1 aliphatic heterocycles. The third kappa shape index (κ3) is 6.32. The van der Waals surface area contributed by atoms with Crippen LogP contribution in [0.1, 0.15) is 24.1 Å². The molecule has 2 aromatic rings. The average Bonchev–Trinajstić information content (AvgIpc) is 2.75. The van der Waals surface area contributed by atoms with Crippen molar-refractivity contribution in [2.45, 2.75) is 13.0 Å². The Balaban J connectivity index is 1.62. The molecule has 1 atom stereocenters. The zero-order chi connectivity index (χ0) is 20.5. The molecular weight excluding hydrogens is 388 g/mol. The zero-order valence-electron chi connectivity index (χ0n) is 16.6. The second kappa shape index (κ2) is 11.0. The molecular formula is C23H27ClN2O3. The molecule has 0 aliphatic carbocycles. The standard InChI is InChI=1S/C23H27ClN2O3/c1-2-29-19-10-7-18(8-11-19)9-12-23(27)25-17-22(26-13-15-28-16-14-26)20-5-3-4-6-21(20)24/h3-12,22H,2,13-17H2,1H3,(H,25,27)/b12-9+. The van der Waals surface area contributed by atoms with Crippen LogP contribution in [-0.4, -0.2) is 50.3 Å². The number of ether oxygens (including phenoxy) is 2. The number of morpholine rings is 1. The van der Waals surface area contributed by atoms with Gasteiger partial charge in [-0.2, -0.15) is 0 Å². The molecule has 0 spiro atoms. The number of benzene rings is 2. The molecule has 1 saturated heterocycles. The molecule has 0 bridgehead atoms. The molecule has 1 unspecified atom stereocenters. The average molecular weight is 415 g/mol. The van der Waals surface area contributed by atoms with Crippen molar-refractivity contribution in [1.82, 2.24) is 10.2 Å². The number of rotatable bonds is 8. The highest BCUT2D eigenvalue weighted by atomic mass is 35.5. The third-order valence-electron chi connectivity index (χ3n) is 4.84. The number of carbonyl (C=O) groups is 1. The smallest absolute Gasteiger partial charge is 0.244 e. The molecule has 1 amide bonds. The predicted octanol–water partition coefficient (Wildman–Crippen LogP) is 3.94. The molecule has 1 fully saturated rings. The van der Waals surface area contributed by atoms with E-state index in [0.717, 1.165) is 30.0 Å². The number of carbonyl (C=O) groups excluding carboxylic acids is 1. The first kappa shape index (κ1) is 21.4. The fourth-order valence-electron chi connectivity index (χ4n) is 3.34. The van der Waals surface area contributed by atoms with Crippen LogP contribution < -0.4 is 10.1 Å². The van der Waals surface area contributed by atoms with Crippen LogP contribution in [0.2, 0.25) is 5.02 Å². The van der Waals surface area contributed by atoms with Crippen LogP contribution in [0.3, 0.4) is 0 Å². The topological polar surface area (TPSA) is 50.8 Å². The maximum Gasteiger partial charge on any atom is 0.244 e. The zero-order valence-corrected chi connectivity index (χ0v) is 17.4. The van der Waals surface area contributed by atoms with Crippen molar-refractivity contribution in [1.29, 1.82) is 0 Å². The molecule has 0 saturated carbocycles. The lowest BCUT2D eigenvalue weighted by atomic mass is 10.0. The Morgan fingerprint density at radius 3 is 2.62 bits per heavy atom. The summed E-state index contributed by atoms with van der Waals surface area (Å²) in [5.41, 5.74) is 1.96. The highest BCUT2D eigenvalue weighted by Gasteiger charge is 2.24. The Morgan fingerprint density at radius 2 is 1.93 bits per heavy atom. The molecule has 1 N–H and O–H groups in total. The molecule has 154 valence electrons. The minimum absolute atomic E-state index is 0.00965. The number of halogens is 1. The van der Waals surface area contributed by atoms with Crippen LogP contribution in [-0.2, 0) is 9.53 Å². The fraction of sp³-hybridized carbons (Fsp3) is 0.348. The molecule has 0 aromatic heterocycles. The van der Waals surface area contributed by atoms with Crippen molar-refractivity contribution in [3.05, 3.63) is 70.8 Å². The van der Waals surface area contributed by atoms with E-state index in [1.165, 1.54) is 0 Å². The lowest BCUT2D eigenvalue weighted by molar-refractivity contribution is -0.116. The molecule has 1 heterocycles. The highest BCUT2D eigenvalue weighted by molar-refractivity contribution is 6.31. The summed E-state index contributed by atoms with van der Waals surface area (Å²) in [5, 5.41) is 3.73. The highest BCUT2D eigenvalue weighted by Crippen LogP contribution is 2.27. The van der Waals surface area contributed by atoms with E-state index in [1.807, 2.05) is 55.5 Å². The van der Waals surface area contributed by atoms with Gasteiger partial charge >= 0.3 is 0 Å². The van der Waals surface area contributed by atoms with Crippen molar-refractivity contribution in [2.75, 3.05) is 39.5 Å². The van der Waals surface area contributed by atoms with Crippen LogP contribution in [0.5, 0.6) is 5.75 Å². The summed E-state index contributed by atoms with van der Waals surface area (Å²) in [5.74, 6) is 0.686. The SMILES string of the molecule is CCOc1ccc(/C=C/C(=O)NCC(c2ccccc2Cl)N2CCOCC2)cc1. The number of nitrogens with zero attached hydrogens (tertiary/aromatic N) is 1. The monoisotopic (exact) mass is 414 g/mol. The maximum atomic E-state index is 12.4. The lowest BCUT2D eigenvalue weighted by Crippen LogP contribution is -2.43. The van der Waals surface area contributed by atoms with E-state index in [0.29, 0.717) is 31.4 Å². The summed E-state index contributed by atoms with van der Waals surface area (Å²) in [6, 6.07) is 15.4. The van der Waals surface area contributed by atoms with Crippen molar-refractivity contribution in [3.63, 3.8) is 0 Å². The molecule has 29 heavy (non-hydrogen) atoms. The second-order valence-electron chi connectivity index (χ2n) is 6.77. The lowest BCUT2D eigenvalue weighted by Gasteiger charge is -2.35. The maximum absolute atomic E-state index is 12.4. The minimum Gasteiger partial charge on any atom is -0.494 e. The normalized spacial score (nSPS) is 15.9. The first-order valence-electron chi connectivity index (χ1n) is 9.92. The van der Waals surface area contributed by atoms with Gasteiger partial charge in [0.2, 0.25) is 5.91 Å². The van der Waals surface area contributed by atoms with Gasteiger partial charge in [-0.15, -0.1) is 0 Å². The van der Waals surface area contributed by atoms with Gasteiger partial charge in [0, 0.05) is 30.7 Å². The molecule has 1 aliphatic rings. The summed E-state index contributed by atoms with van der Waals surface area (Å²) in [6.45, 7) is 6.06. The number of hydrogen-bond acceptors (Lipinski definition) is 4. The molecule has 6 heteroatoms. The number of nitrogens with one attached hydrogen (secondary N) is 1. The van der Waals surface area contributed by atoms with Gasteiger partial charge in [-0.05, 0) is 42.3 Å². The van der Waals surface area contributed by atoms with E-state index in [9.17, 15) is 4.79 Å². The van der Waals surface area contributed by atoms with Crippen molar-refractivity contribution >= 4 is 23.6 Å². The molecule has 5 nitrogen and oxygen atoms in total. The van der Waals surface area contributed by atoms with Gasteiger partial charge in [0.1, 0.15) is 5.75 Å². The van der Waals surface area contributed by atoms with Gasteiger partial charge in [-0.1, -0.05) is 41.9 Å². The van der Waals surface area contributed by atoms with Gasteiger partial charge in [0.05, 0.1) is 25.9 Å². The number of amides is 1. The largest absolute Gasteiger partial charge is 0.494 e. The Hall–Kier alpha value is -2.34. The summed E-state index contributed by atoms with van der Waals surface area (Å²) < 4.78 is 10.9. The van der Waals surface area contributed by atoms with E-state index in [1.54, 1.807) is 12.2 Å². The summed E-state index contributed by atoms with van der Waals surface area (Å²) in [4.78, 5) is 14.7. The fourth-order valence-corrected chi connectivity index (χ4v) is 3.60. The predicted molar refractivity (Wildman–Crippen MR) is 116 cm³/mol. The van der Waals surface area contributed by atoms with Gasteiger partial charge in [0.15, 0.2) is 0 Å². The quantitative estimate of drug-likeness (QED) is 0.665. The van der Waals surface area contributed by atoms with Gasteiger partial charge in [-0.3, -0.25) is 9.69 Å². The first-order chi connectivity index (χ1) is 14.2. The molecule has 3 rings (SSSR count). The summed E-state index contributed by atoms with van der Waals surface area (Å²) in [6.07, 6.45) is 3.35. The van der Waals surface area contributed by atoms with Crippen LogP contribution in [0.25, 0.3) is 6.08 Å². The Bertz CT molecular complexity index is 817. The van der Waals surface area contributed by atoms with E-state index in [-0.39, 0.29) is 11.9 Å². The van der Waals surface area contributed by atoms with Gasteiger partial charge in [-0.25, -0.2) is 0 Å². The Labute approximate surface area is 177 Å². The van der Waals surface area contributed by atoms with Crippen LogP contribution in [0.15, 0.2) is 54.6 Å². The van der Waals surface area contributed by atoms with E-state index in [2.05, 4.69) is 10.2 Å². The minimum atomic E-state index is -0.135.